The van der Waals surface area contributed by atoms with Crippen LogP contribution in [0.3, 0.4) is 0 Å². The molecule has 0 saturated carbocycles. The predicted molar refractivity (Wildman–Crippen MR) is 58.4 cm³/mol. The van der Waals surface area contributed by atoms with Crippen molar-refractivity contribution in [1.29, 1.82) is 0 Å². The van der Waals surface area contributed by atoms with Crippen LogP contribution in [-0.2, 0) is 11.2 Å². The van der Waals surface area contributed by atoms with Crippen molar-refractivity contribution in [2.24, 2.45) is 0 Å². The summed E-state index contributed by atoms with van der Waals surface area (Å²) in [6.07, 6.45) is 1.29. The number of hydrogen-bond acceptors (Lipinski definition) is 3. The fourth-order valence-corrected chi connectivity index (χ4v) is 1.33. The summed E-state index contributed by atoms with van der Waals surface area (Å²) in [7, 11) is 0. The first-order valence-electron chi connectivity index (χ1n) is 5.27. The number of rotatable bonds is 7. The molecule has 84 valence electrons. The number of aryl methyl sites for hydroxylation is 1. The van der Waals surface area contributed by atoms with Gasteiger partial charge in [-0.2, -0.15) is 0 Å². The Morgan fingerprint density at radius 2 is 1.93 bits per heavy atom. The van der Waals surface area contributed by atoms with Crippen LogP contribution in [0.5, 0.6) is 0 Å². The summed E-state index contributed by atoms with van der Waals surface area (Å²) in [5.41, 5.74) is 1.28. The van der Waals surface area contributed by atoms with E-state index in [9.17, 15) is 0 Å². The second kappa shape index (κ2) is 7.40. The van der Waals surface area contributed by atoms with Crippen LogP contribution < -0.4 is 0 Å². The van der Waals surface area contributed by atoms with Crippen LogP contribution in [0.25, 0.3) is 0 Å². The van der Waals surface area contributed by atoms with Crippen molar-refractivity contribution in [3.8, 4) is 0 Å². The molecule has 1 aromatic rings. The van der Waals surface area contributed by atoms with Crippen LogP contribution in [0.2, 0.25) is 0 Å². The average Bonchev–Trinajstić information content (AvgIpc) is 2.26. The van der Waals surface area contributed by atoms with Crippen molar-refractivity contribution in [3.63, 3.8) is 0 Å². The first kappa shape index (κ1) is 12.2. The molecule has 0 aromatic heterocycles. The molecular formula is C12H18O3. The predicted octanol–water partition coefficient (Wildman–Crippen LogP) is 1.34. The van der Waals surface area contributed by atoms with Crippen molar-refractivity contribution in [2.75, 3.05) is 13.2 Å². The van der Waals surface area contributed by atoms with Crippen molar-refractivity contribution in [2.45, 2.75) is 25.6 Å². The SMILES string of the molecule is OCCC(O)OCCCc1ccccc1. The molecular weight excluding hydrogens is 192 g/mol. The molecule has 0 aliphatic carbocycles. The van der Waals surface area contributed by atoms with Gasteiger partial charge in [0.2, 0.25) is 0 Å². The molecule has 1 aromatic carbocycles. The van der Waals surface area contributed by atoms with E-state index in [-0.39, 0.29) is 13.0 Å². The van der Waals surface area contributed by atoms with Gasteiger partial charge in [-0.25, -0.2) is 0 Å². The topological polar surface area (TPSA) is 49.7 Å². The number of aliphatic hydroxyl groups is 2. The first-order valence-corrected chi connectivity index (χ1v) is 5.27. The monoisotopic (exact) mass is 210 g/mol. The molecule has 1 atom stereocenters. The Hall–Kier alpha value is -0.900. The van der Waals surface area contributed by atoms with Gasteiger partial charge in [0.1, 0.15) is 0 Å². The Morgan fingerprint density at radius 3 is 2.60 bits per heavy atom. The highest BCUT2D eigenvalue weighted by molar-refractivity contribution is 5.14. The van der Waals surface area contributed by atoms with Gasteiger partial charge in [-0.15, -0.1) is 0 Å². The highest BCUT2D eigenvalue weighted by atomic mass is 16.6. The molecule has 0 aliphatic heterocycles. The van der Waals surface area contributed by atoms with E-state index in [4.69, 9.17) is 14.9 Å². The minimum atomic E-state index is -0.828. The van der Waals surface area contributed by atoms with Crippen LogP contribution in [0, 0.1) is 0 Å². The lowest BCUT2D eigenvalue weighted by molar-refractivity contribution is -0.109. The summed E-state index contributed by atoms with van der Waals surface area (Å²) in [5.74, 6) is 0. The Bertz CT molecular complexity index is 248. The van der Waals surface area contributed by atoms with E-state index in [1.54, 1.807) is 0 Å². The summed E-state index contributed by atoms with van der Waals surface area (Å²) in [6, 6.07) is 10.2. The Morgan fingerprint density at radius 1 is 1.20 bits per heavy atom. The van der Waals surface area contributed by atoms with E-state index >= 15 is 0 Å². The van der Waals surface area contributed by atoms with E-state index in [0.29, 0.717) is 6.61 Å². The summed E-state index contributed by atoms with van der Waals surface area (Å²) >= 11 is 0. The zero-order valence-corrected chi connectivity index (χ0v) is 8.80. The normalized spacial score (nSPS) is 12.7. The van der Waals surface area contributed by atoms with Gasteiger partial charge in [0.25, 0.3) is 0 Å². The second-order valence-electron chi connectivity index (χ2n) is 3.43. The lowest BCUT2D eigenvalue weighted by Crippen LogP contribution is -2.14. The maximum atomic E-state index is 9.16. The van der Waals surface area contributed by atoms with Crippen molar-refractivity contribution >= 4 is 0 Å². The zero-order valence-electron chi connectivity index (χ0n) is 8.80. The number of benzene rings is 1. The van der Waals surface area contributed by atoms with E-state index < -0.39 is 6.29 Å². The third-order valence-corrected chi connectivity index (χ3v) is 2.14. The Labute approximate surface area is 90.3 Å². The third-order valence-electron chi connectivity index (χ3n) is 2.14. The molecule has 0 amide bonds. The number of ether oxygens (including phenoxy) is 1. The maximum absolute atomic E-state index is 9.16. The highest BCUT2D eigenvalue weighted by Crippen LogP contribution is 2.03. The molecule has 0 fully saturated rings. The van der Waals surface area contributed by atoms with Crippen LogP contribution >= 0.6 is 0 Å². The van der Waals surface area contributed by atoms with Gasteiger partial charge in [0, 0.05) is 13.0 Å². The average molecular weight is 210 g/mol. The number of aliphatic hydroxyl groups excluding tert-OH is 2. The molecule has 0 radical (unpaired) electrons. The molecule has 1 rings (SSSR count). The van der Waals surface area contributed by atoms with Crippen LogP contribution in [0.4, 0.5) is 0 Å². The molecule has 0 spiro atoms. The minimum Gasteiger partial charge on any atom is -0.396 e. The molecule has 1 unspecified atom stereocenters. The molecule has 2 N–H and O–H groups in total. The summed E-state index contributed by atoms with van der Waals surface area (Å²) in [4.78, 5) is 0. The first-order chi connectivity index (χ1) is 7.33. The third kappa shape index (κ3) is 5.52. The van der Waals surface area contributed by atoms with Crippen molar-refractivity contribution < 1.29 is 14.9 Å². The summed E-state index contributed by atoms with van der Waals surface area (Å²) < 4.78 is 5.10. The smallest absolute Gasteiger partial charge is 0.156 e. The zero-order chi connectivity index (χ0) is 10.9. The molecule has 3 heteroatoms. The van der Waals surface area contributed by atoms with E-state index in [2.05, 4.69) is 12.1 Å². The van der Waals surface area contributed by atoms with E-state index in [1.807, 2.05) is 18.2 Å². The quantitative estimate of drug-likeness (QED) is 0.527. The lowest BCUT2D eigenvalue weighted by atomic mass is 10.1. The summed E-state index contributed by atoms with van der Waals surface area (Å²) in [6.45, 7) is 0.482. The molecule has 15 heavy (non-hydrogen) atoms. The molecule has 0 bridgehead atoms. The fraction of sp³-hybridized carbons (Fsp3) is 0.500. The largest absolute Gasteiger partial charge is 0.396 e. The maximum Gasteiger partial charge on any atom is 0.156 e. The Balaban J connectivity index is 2.07. The van der Waals surface area contributed by atoms with Gasteiger partial charge in [-0.3, -0.25) is 0 Å². The van der Waals surface area contributed by atoms with E-state index in [0.717, 1.165) is 12.8 Å². The van der Waals surface area contributed by atoms with Crippen LogP contribution in [0.15, 0.2) is 30.3 Å². The van der Waals surface area contributed by atoms with E-state index in [1.165, 1.54) is 5.56 Å². The lowest BCUT2D eigenvalue weighted by Gasteiger charge is -2.10. The second-order valence-corrected chi connectivity index (χ2v) is 3.43. The van der Waals surface area contributed by atoms with Gasteiger partial charge < -0.3 is 14.9 Å². The van der Waals surface area contributed by atoms with Crippen molar-refractivity contribution in [1.82, 2.24) is 0 Å². The van der Waals surface area contributed by atoms with Crippen LogP contribution in [0.1, 0.15) is 18.4 Å². The minimum absolute atomic E-state index is 0.0418. The highest BCUT2D eigenvalue weighted by Gasteiger charge is 2.01. The standard InChI is InChI=1S/C12H18O3/c13-9-8-12(14)15-10-4-7-11-5-2-1-3-6-11/h1-3,5-6,12-14H,4,7-10H2. The van der Waals surface area contributed by atoms with Gasteiger partial charge in [-0.05, 0) is 18.4 Å². The van der Waals surface area contributed by atoms with Gasteiger partial charge >= 0.3 is 0 Å². The fourth-order valence-electron chi connectivity index (χ4n) is 1.33. The van der Waals surface area contributed by atoms with Gasteiger partial charge in [0.15, 0.2) is 6.29 Å². The molecule has 3 nitrogen and oxygen atoms in total. The molecule has 0 saturated heterocycles. The van der Waals surface area contributed by atoms with Crippen molar-refractivity contribution in [3.05, 3.63) is 35.9 Å². The molecule has 0 aliphatic rings. The Kier molecular flexibility index (Phi) is 6.00. The molecule has 0 heterocycles. The number of hydrogen-bond donors (Lipinski definition) is 2. The van der Waals surface area contributed by atoms with Gasteiger partial charge in [-0.1, -0.05) is 30.3 Å². The van der Waals surface area contributed by atoms with Gasteiger partial charge in [0.05, 0.1) is 6.61 Å². The summed E-state index contributed by atoms with van der Waals surface area (Å²) in [5, 5.41) is 17.7. The van der Waals surface area contributed by atoms with Crippen LogP contribution in [-0.4, -0.2) is 29.7 Å².